The SMILES string of the molecule is CC.Cc1ccc(C(=O)Nc2ccc(CN3CCN(C)CC3)c(C(F)(F)F)c2)cc1C#Cc1cnc(/C=C\C=N)[nH]1. The normalized spacial score (nSPS) is 14.1. The van der Waals surface area contributed by atoms with Crippen LogP contribution < -0.4 is 5.32 Å². The van der Waals surface area contributed by atoms with Crippen molar-refractivity contribution in [1.29, 1.82) is 5.41 Å². The molecule has 0 radical (unpaired) electrons. The highest BCUT2D eigenvalue weighted by Gasteiger charge is 2.34. The molecule has 1 fully saturated rings. The summed E-state index contributed by atoms with van der Waals surface area (Å²) >= 11 is 0. The third kappa shape index (κ3) is 8.90. The molecule has 216 valence electrons. The van der Waals surface area contributed by atoms with Gasteiger partial charge in [-0.25, -0.2) is 4.98 Å². The van der Waals surface area contributed by atoms with Crippen LogP contribution in [0.5, 0.6) is 0 Å². The minimum absolute atomic E-state index is 0.0747. The molecule has 0 saturated carbocycles. The van der Waals surface area contributed by atoms with Crippen LogP contribution in [0.3, 0.4) is 0 Å². The highest BCUT2D eigenvalue weighted by molar-refractivity contribution is 6.04. The van der Waals surface area contributed by atoms with Crippen molar-refractivity contribution >= 4 is 23.9 Å². The third-order valence-electron chi connectivity index (χ3n) is 6.44. The zero-order valence-electron chi connectivity index (χ0n) is 23.7. The number of H-pyrrole nitrogens is 1. The molecule has 10 heteroatoms. The van der Waals surface area contributed by atoms with Crippen molar-refractivity contribution in [2.45, 2.75) is 33.5 Å². The first-order valence-corrected chi connectivity index (χ1v) is 13.4. The molecule has 1 amide bonds. The molecule has 41 heavy (non-hydrogen) atoms. The van der Waals surface area contributed by atoms with E-state index in [1.165, 1.54) is 18.2 Å². The monoisotopic (exact) mass is 564 g/mol. The van der Waals surface area contributed by atoms with E-state index in [-0.39, 0.29) is 23.4 Å². The van der Waals surface area contributed by atoms with Crippen LogP contribution in [0, 0.1) is 24.2 Å². The van der Waals surface area contributed by atoms with Crippen molar-refractivity contribution in [3.05, 3.63) is 88.0 Å². The van der Waals surface area contributed by atoms with Crippen LogP contribution in [-0.4, -0.2) is 65.1 Å². The van der Waals surface area contributed by atoms with E-state index in [0.29, 0.717) is 30.2 Å². The maximum atomic E-state index is 13.9. The predicted molar refractivity (Wildman–Crippen MR) is 157 cm³/mol. The van der Waals surface area contributed by atoms with Crippen LogP contribution in [0.1, 0.15) is 58.0 Å². The second-order valence-corrected chi connectivity index (χ2v) is 9.39. The fraction of sp³-hybridized carbons (Fsp3) is 0.323. The van der Waals surface area contributed by atoms with Gasteiger partial charge >= 0.3 is 6.18 Å². The number of amides is 1. The van der Waals surface area contributed by atoms with Gasteiger partial charge in [0.2, 0.25) is 0 Å². The van der Waals surface area contributed by atoms with Gasteiger partial charge in [0.25, 0.3) is 5.91 Å². The first-order valence-electron chi connectivity index (χ1n) is 13.4. The molecule has 2 aromatic carbocycles. The minimum atomic E-state index is -4.54. The molecule has 4 rings (SSSR count). The van der Waals surface area contributed by atoms with Crippen LogP contribution in [0.4, 0.5) is 18.9 Å². The number of carbonyl (C=O) groups is 1. The Bertz CT molecular complexity index is 1440. The Hall–Kier alpha value is -4.20. The standard InChI is InChI=1S/C29H29F3N6O.C2H6/c1-20-5-6-22(16-21(20)7-10-25-18-34-27(35-25)4-3-11-33)28(39)36-24-9-8-23(26(17-24)29(30,31)32)19-38-14-12-37(2)13-15-38;1-2/h3-6,8-9,11,16-18,33H,12-15,19H2,1-2H3,(H,34,35)(H,36,39);1-2H3/b4-3-,33-11?;. The number of aryl methyl sites for hydroxylation is 1. The second kappa shape index (κ2) is 14.4. The highest BCUT2D eigenvalue weighted by Crippen LogP contribution is 2.34. The molecule has 0 spiro atoms. The molecule has 1 saturated heterocycles. The summed E-state index contributed by atoms with van der Waals surface area (Å²) in [6, 6.07) is 8.91. The summed E-state index contributed by atoms with van der Waals surface area (Å²) in [6.07, 6.45) is 1.32. The summed E-state index contributed by atoms with van der Waals surface area (Å²) in [4.78, 5) is 24.3. The van der Waals surface area contributed by atoms with E-state index in [2.05, 4.69) is 32.0 Å². The number of hydrogen-bond acceptors (Lipinski definition) is 5. The van der Waals surface area contributed by atoms with E-state index in [4.69, 9.17) is 5.41 Å². The first kappa shape index (κ1) is 31.3. The Labute approximate surface area is 239 Å². The lowest BCUT2D eigenvalue weighted by Crippen LogP contribution is -2.44. The average molecular weight is 565 g/mol. The third-order valence-corrected chi connectivity index (χ3v) is 6.44. The van der Waals surface area contributed by atoms with Crippen LogP contribution >= 0.6 is 0 Å². The molecule has 3 N–H and O–H groups in total. The van der Waals surface area contributed by atoms with E-state index in [1.807, 2.05) is 32.7 Å². The number of allylic oxidation sites excluding steroid dienone is 1. The predicted octanol–water partition coefficient (Wildman–Crippen LogP) is 5.83. The lowest BCUT2D eigenvalue weighted by Gasteiger charge is -2.33. The number of rotatable bonds is 6. The molecule has 2 heterocycles. The lowest BCUT2D eigenvalue weighted by molar-refractivity contribution is -0.138. The number of imidazole rings is 1. The summed E-state index contributed by atoms with van der Waals surface area (Å²) in [5.74, 6) is 5.99. The van der Waals surface area contributed by atoms with Crippen molar-refractivity contribution in [2.24, 2.45) is 0 Å². The maximum absolute atomic E-state index is 13.9. The summed E-state index contributed by atoms with van der Waals surface area (Å²) in [5, 5.41) is 9.64. The molecule has 1 aliphatic rings. The lowest BCUT2D eigenvalue weighted by atomic mass is 10.0. The van der Waals surface area contributed by atoms with Gasteiger partial charge in [-0.05, 0) is 67.4 Å². The quantitative estimate of drug-likeness (QED) is 0.260. The number of likely N-dealkylation sites (N-methyl/N-ethyl adjacent to an activating group) is 1. The number of aromatic amines is 1. The van der Waals surface area contributed by atoms with E-state index in [1.54, 1.807) is 30.5 Å². The van der Waals surface area contributed by atoms with Gasteiger partial charge in [-0.3, -0.25) is 9.69 Å². The van der Waals surface area contributed by atoms with E-state index in [0.717, 1.165) is 30.9 Å². The van der Waals surface area contributed by atoms with Gasteiger partial charge in [-0.2, -0.15) is 13.2 Å². The Balaban J connectivity index is 0.00000226. The summed E-state index contributed by atoms with van der Waals surface area (Å²) in [6.45, 7) is 9.08. The van der Waals surface area contributed by atoms with Gasteiger partial charge in [0.15, 0.2) is 0 Å². The van der Waals surface area contributed by atoms with Crippen molar-refractivity contribution in [3.63, 3.8) is 0 Å². The Kier molecular flexibility index (Phi) is 11.0. The van der Waals surface area contributed by atoms with Gasteiger partial charge in [-0.1, -0.05) is 31.9 Å². The van der Waals surface area contributed by atoms with Crippen LogP contribution in [0.25, 0.3) is 6.08 Å². The number of halogens is 3. The fourth-order valence-electron chi connectivity index (χ4n) is 4.16. The number of anilines is 1. The average Bonchev–Trinajstić information content (AvgIpc) is 3.41. The molecule has 0 unspecified atom stereocenters. The van der Waals surface area contributed by atoms with Gasteiger partial charge in [0, 0.05) is 55.8 Å². The highest BCUT2D eigenvalue weighted by atomic mass is 19.4. The molecule has 0 aliphatic carbocycles. The molecule has 0 atom stereocenters. The molecule has 3 aromatic rings. The zero-order valence-corrected chi connectivity index (χ0v) is 23.7. The number of nitrogens with one attached hydrogen (secondary N) is 3. The Morgan fingerprint density at radius 2 is 1.85 bits per heavy atom. The van der Waals surface area contributed by atoms with Crippen molar-refractivity contribution in [2.75, 3.05) is 38.5 Å². The summed E-state index contributed by atoms with van der Waals surface area (Å²) < 4.78 is 41.7. The summed E-state index contributed by atoms with van der Waals surface area (Å²) in [7, 11) is 1.99. The van der Waals surface area contributed by atoms with Gasteiger partial charge in [0.05, 0.1) is 11.8 Å². The fourth-order valence-corrected chi connectivity index (χ4v) is 4.16. The second-order valence-electron chi connectivity index (χ2n) is 9.39. The number of carbonyl (C=O) groups excluding carboxylic acids is 1. The molecule has 0 bridgehead atoms. The number of nitrogens with zero attached hydrogens (tertiary/aromatic N) is 3. The smallest absolute Gasteiger partial charge is 0.332 e. The van der Waals surface area contributed by atoms with Gasteiger partial charge in [-0.15, -0.1) is 0 Å². The van der Waals surface area contributed by atoms with E-state index >= 15 is 0 Å². The van der Waals surface area contributed by atoms with Crippen LogP contribution in [0.2, 0.25) is 0 Å². The van der Waals surface area contributed by atoms with Crippen molar-refractivity contribution < 1.29 is 18.0 Å². The summed E-state index contributed by atoms with van der Waals surface area (Å²) in [5.41, 5.74) is 1.80. The first-order chi connectivity index (χ1) is 19.6. The minimum Gasteiger partial charge on any atom is -0.332 e. The van der Waals surface area contributed by atoms with Crippen LogP contribution in [0.15, 0.2) is 48.7 Å². The number of alkyl halides is 3. The number of benzene rings is 2. The maximum Gasteiger partial charge on any atom is 0.416 e. The largest absolute Gasteiger partial charge is 0.416 e. The molecule has 1 aliphatic heterocycles. The molecular formula is C31H35F3N6O. The van der Waals surface area contributed by atoms with E-state index in [9.17, 15) is 18.0 Å². The number of piperazine rings is 1. The Morgan fingerprint density at radius 1 is 1.12 bits per heavy atom. The van der Waals surface area contributed by atoms with Crippen molar-refractivity contribution in [3.8, 4) is 11.8 Å². The Morgan fingerprint density at radius 3 is 2.54 bits per heavy atom. The zero-order chi connectivity index (χ0) is 30.0. The topological polar surface area (TPSA) is 88.1 Å². The van der Waals surface area contributed by atoms with Gasteiger partial charge in [0.1, 0.15) is 11.5 Å². The van der Waals surface area contributed by atoms with Gasteiger partial charge < -0.3 is 20.6 Å². The van der Waals surface area contributed by atoms with E-state index < -0.39 is 17.6 Å². The number of hydrogen-bond donors (Lipinski definition) is 3. The molecular weight excluding hydrogens is 529 g/mol. The molecule has 7 nitrogen and oxygen atoms in total. The van der Waals surface area contributed by atoms with Crippen molar-refractivity contribution in [1.82, 2.24) is 19.8 Å². The van der Waals surface area contributed by atoms with Crippen LogP contribution in [-0.2, 0) is 12.7 Å². The molecule has 1 aromatic heterocycles. The number of aromatic nitrogens is 2.